The fraction of sp³-hybridized carbons (Fsp3) is 0.450. The zero-order valence-corrected chi connectivity index (χ0v) is 17.8. The Bertz CT molecular complexity index is 847. The van der Waals surface area contributed by atoms with Gasteiger partial charge in [0.15, 0.2) is 12.3 Å². The number of nitrogens with zero attached hydrogens (tertiary/aromatic N) is 2. The van der Waals surface area contributed by atoms with Gasteiger partial charge >= 0.3 is 12.1 Å². The van der Waals surface area contributed by atoms with E-state index in [0.717, 1.165) is 0 Å². The summed E-state index contributed by atoms with van der Waals surface area (Å²) in [6, 6.07) is 6.29. The molecule has 2 heterocycles. The number of methoxy groups -OCH3 is 2. The topological polar surface area (TPSA) is 87.2 Å². The highest BCUT2D eigenvalue weighted by molar-refractivity contribution is 7.07. The van der Waals surface area contributed by atoms with Crippen molar-refractivity contribution in [3.8, 4) is 5.75 Å². The molecule has 1 aromatic carbocycles. The van der Waals surface area contributed by atoms with Crippen molar-refractivity contribution in [2.24, 2.45) is 0 Å². The number of carbonyl (C=O) groups is 2. The number of rotatable bonds is 4. The van der Waals surface area contributed by atoms with E-state index >= 15 is 0 Å². The van der Waals surface area contributed by atoms with Crippen LogP contribution in [0.5, 0.6) is 5.75 Å². The summed E-state index contributed by atoms with van der Waals surface area (Å²) in [7, 11) is 2.85. The quantitative estimate of drug-likeness (QED) is 0.697. The average Bonchev–Trinajstić information content (AvgIpc) is 3.33. The number of amides is 1. The number of esters is 1. The van der Waals surface area contributed by atoms with Gasteiger partial charge in [-0.05, 0) is 32.9 Å². The molecule has 1 aliphatic heterocycles. The van der Waals surface area contributed by atoms with E-state index in [1.54, 1.807) is 63.0 Å². The molecule has 2 aromatic rings. The lowest BCUT2D eigenvalue weighted by molar-refractivity contribution is -0.154. The van der Waals surface area contributed by atoms with Crippen LogP contribution >= 0.6 is 11.3 Å². The molecule has 1 fully saturated rings. The van der Waals surface area contributed by atoms with Gasteiger partial charge in [-0.3, -0.25) is 4.90 Å². The summed E-state index contributed by atoms with van der Waals surface area (Å²) >= 11 is 1.36. The van der Waals surface area contributed by atoms with Crippen molar-refractivity contribution in [1.82, 2.24) is 9.88 Å². The van der Waals surface area contributed by atoms with E-state index < -0.39 is 36.0 Å². The minimum Gasteiger partial charge on any atom is -0.497 e. The number of benzene rings is 1. The largest absolute Gasteiger partial charge is 0.497 e. The fourth-order valence-corrected chi connectivity index (χ4v) is 3.65. The second-order valence-electron chi connectivity index (χ2n) is 7.45. The van der Waals surface area contributed by atoms with Crippen LogP contribution in [0, 0.1) is 0 Å². The second-order valence-corrected chi connectivity index (χ2v) is 8.17. The van der Waals surface area contributed by atoms with Gasteiger partial charge in [0.2, 0.25) is 0 Å². The van der Waals surface area contributed by atoms with Gasteiger partial charge in [0.25, 0.3) is 0 Å². The minimum atomic E-state index is -1.04. The Morgan fingerprint density at radius 3 is 2.38 bits per heavy atom. The van der Waals surface area contributed by atoms with Crippen LogP contribution in [0.2, 0.25) is 0 Å². The van der Waals surface area contributed by atoms with E-state index in [4.69, 9.17) is 18.9 Å². The van der Waals surface area contributed by atoms with Crippen LogP contribution in [0.1, 0.15) is 44.3 Å². The molecule has 0 radical (unpaired) electrons. The Labute approximate surface area is 173 Å². The standard InChI is InChI=1S/C20H24N2O6S/c1-20(2,3)28-19(24)22-15(14-10-29-11-21-14)16(18(23)26-5)27-17(22)12-6-8-13(25-4)9-7-12/h6-11,15-17H,1-5H3/t15-,16+,17?/m0/s1. The van der Waals surface area contributed by atoms with Gasteiger partial charge in [-0.25, -0.2) is 14.6 Å². The molecule has 1 aromatic heterocycles. The fourth-order valence-electron chi connectivity index (χ4n) is 3.07. The first-order valence-electron chi connectivity index (χ1n) is 9.02. The zero-order valence-electron chi connectivity index (χ0n) is 16.9. The first-order chi connectivity index (χ1) is 13.7. The summed E-state index contributed by atoms with van der Waals surface area (Å²) in [6.45, 7) is 5.33. The summed E-state index contributed by atoms with van der Waals surface area (Å²) in [5.41, 5.74) is 2.12. The van der Waals surface area contributed by atoms with E-state index in [-0.39, 0.29) is 0 Å². The minimum absolute atomic E-state index is 0.535. The maximum absolute atomic E-state index is 13.2. The normalized spacial score (nSPS) is 21.7. The third-order valence-electron chi connectivity index (χ3n) is 4.31. The Balaban J connectivity index is 2.06. The highest BCUT2D eigenvalue weighted by Crippen LogP contribution is 2.44. The van der Waals surface area contributed by atoms with Crippen molar-refractivity contribution in [3.63, 3.8) is 0 Å². The van der Waals surface area contributed by atoms with E-state index in [1.807, 2.05) is 0 Å². The summed E-state index contributed by atoms with van der Waals surface area (Å²) in [5.74, 6) is 0.0729. The molecule has 8 nitrogen and oxygen atoms in total. The molecule has 1 unspecified atom stereocenters. The summed E-state index contributed by atoms with van der Waals surface area (Å²) in [4.78, 5) is 31.3. The van der Waals surface area contributed by atoms with Crippen molar-refractivity contribution in [3.05, 3.63) is 46.4 Å². The van der Waals surface area contributed by atoms with Crippen molar-refractivity contribution in [2.45, 2.75) is 44.7 Å². The van der Waals surface area contributed by atoms with Gasteiger partial charge in [0.05, 0.1) is 25.4 Å². The van der Waals surface area contributed by atoms with Crippen LogP contribution < -0.4 is 4.74 Å². The van der Waals surface area contributed by atoms with Gasteiger partial charge in [0.1, 0.15) is 17.4 Å². The van der Waals surface area contributed by atoms with Crippen molar-refractivity contribution in [2.75, 3.05) is 14.2 Å². The predicted molar refractivity (Wildman–Crippen MR) is 106 cm³/mol. The van der Waals surface area contributed by atoms with Crippen LogP contribution in [0.15, 0.2) is 35.2 Å². The Morgan fingerprint density at radius 1 is 1.17 bits per heavy atom. The Kier molecular flexibility index (Phi) is 6.09. The first kappa shape index (κ1) is 21.1. The molecule has 1 saturated heterocycles. The van der Waals surface area contributed by atoms with Gasteiger partial charge in [-0.2, -0.15) is 0 Å². The van der Waals surface area contributed by atoms with E-state index in [1.165, 1.54) is 23.3 Å². The molecule has 9 heteroatoms. The Morgan fingerprint density at radius 2 is 1.86 bits per heavy atom. The smallest absolute Gasteiger partial charge is 0.413 e. The molecule has 0 N–H and O–H groups in total. The predicted octanol–water partition coefficient (Wildman–Crippen LogP) is 3.70. The van der Waals surface area contributed by atoms with E-state index in [0.29, 0.717) is 17.0 Å². The molecule has 29 heavy (non-hydrogen) atoms. The van der Waals surface area contributed by atoms with Crippen molar-refractivity contribution >= 4 is 23.4 Å². The average molecular weight is 420 g/mol. The molecule has 1 aliphatic rings. The molecule has 0 aliphatic carbocycles. The van der Waals surface area contributed by atoms with Crippen LogP contribution in [0.25, 0.3) is 0 Å². The van der Waals surface area contributed by atoms with Gasteiger partial charge in [-0.15, -0.1) is 11.3 Å². The molecule has 0 bridgehead atoms. The number of carbonyl (C=O) groups excluding carboxylic acids is 2. The highest BCUT2D eigenvalue weighted by Gasteiger charge is 2.52. The van der Waals surface area contributed by atoms with Crippen LogP contribution in [-0.4, -0.2) is 47.9 Å². The maximum Gasteiger partial charge on any atom is 0.413 e. The SMILES string of the molecule is COC(=O)[C@@H]1OC(c2ccc(OC)cc2)N(C(=O)OC(C)(C)C)[C@H]1c1cscn1. The molecule has 3 atom stereocenters. The van der Waals surface area contributed by atoms with Crippen LogP contribution in [0.4, 0.5) is 4.79 Å². The number of thiazole rings is 1. The first-order valence-corrected chi connectivity index (χ1v) is 9.96. The number of hydrogen-bond acceptors (Lipinski definition) is 8. The molecule has 3 rings (SSSR count). The lowest BCUT2D eigenvalue weighted by Gasteiger charge is -2.30. The maximum atomic E-state index is 13.2. The molecule has 0 saturated carbocycles. The number of aromatic nitrogens is 1. The summed E-state index contributed by atoms with van der Waals surface area (Å²) in [5, 5.41) is 1.78. The lowest BCUT2D eigenvalue weighted by Crippen LogP contribution is -2.40. The van der Waals surface area contributed by atoms with Gasteiger partial charge in [-0.1, -0.05) is 12.1 Å². The lowest BCUT2D eigenvalue weighted by atomic mass is 10.1. The number of ether oxygens (including phenoxy) is 4. The third-order valence-corrected chi connectivity index (χ3v) is 4.91. The van der Waals surface area contributed by atoms with Gasteiger partial charge in [0, 0.05) is 10.9 Å². The highest BCUT2D eigenvalue weighted by atomic mass is 32.1. The molecule has 1 amide bonds. The zero-order chi connectivity index (χ0) is 21.2. The van der Waals surface area contributed by atoms with Gasteiger partial charge < -0.3 is 18.9 Å². The van der Waals surface area contributed by atoms with Crippen molar-refractivity contribution in [1.29, 1.82) is 0 Å². The molecular weight excluding hydrogens is 396 g/mol. The summed E-state index contributed by atoms with van der Waals surface area (Å²) in [6.07, 6.45) is -2.50. The van der Waals surface area contributed by atoms with Crippen LogP contribution in [0.3, 0.4) is 0 Å². The Hall–Kier alpha value is -2.65. The van der Waals surface area contributed by atoms with Crippen molar-refractivity contribution < 1.29 is 28.5 Å². The van der Waals surface area contributed by atoms with Crippen LogP contribution in [-0.2, 0) is 19.0 Å². The van der Waals surface area contributed by atoms with E-state index in [9.17, 15) is 9.59 Å². The second kappa shape index (κ2) is 8.38. The number of hydrogen-bond donors (Lipinski definition) is 0. The third kappa shape index (κ3) is 4.51. The molecule has 0 spiro atoms. The van der Waals surface area contributed by atoms with E-state index in [2.05, 4.69) is 4.98 Å². The molecule has 156 valence electrons. The summed E-state index contributed by atoms with van der Waals surface area (Å²) < 4.78 is 21.8. The monoisotopic (exact) mass is 420 g/mol. The molecular formula is C20H24N2O6S.